The molecule has 2 aromatic carbocycles. The Morgan fingerprint density at radius 3 is 2.78 bits per heavy atom. The maximum Gasteiger partial charge on any atom is 0.338 e. The van der Waals surface area contributed by atoms with E-state index >= 15 is 0 Å². The Bertz CT molecular complexity index is 951. The number of fused-ring (bicyclic) bond motifs is 1. The van der Waals surface area contributed by atoms with Crippen LogP contribution in [0.15, 0.2) is 48.0 Å². The molecule has 0 saturated carbocycles. The number of hydrogen-bond acceptors (Lipinski definition) is 6. The first-order valence-corrected chi connectivity index (χ1v) is 8.08. The summed E-state index contributed by atoms with van der Waals surface area (Å²) in [5.74, 6) is -0.501. The molecule has 0 radical (unpaired) electrons. The van der Waals surface area contributed by atoms with Gasteiger partial charge in [-0.1, -0.05) is 18.2 Å². The van der Waals surface area contributed by atoms with Crippen molar-refractivity contribution in [1.82, 2.24) is 0 Å². The molecule has 138 valence electrons. The summed E-state index contributed by atoms with van der Waals surface area (Å²) in [5, 5.41) is 13.3. The highest BCUT2D eigenvalue weighted by atomic mass is 16.6. The van der Waals surface area contributed by atoms with Gasteiger partial charge in [0.25, 0.3) is 11.6 Å². The van der Waals surface area contributed by atoms with Crippen molar-refractivity contribution in [1.29, 1.82) is 0 Å². The fraction of sp³-hybridized carbons (Fsp3) is 0.158. The van der Waals surface area contributed by atoms with E-state index in [0.29, 0.717) is 22.6 Å². The molecular formula is C19H16N2O6. The number of aryl methyl sites for hydroxylation is 1. The molecule has 1 amide bonds. The molecule has 0 spiro atoms. The van der Waals surface area contributed by atoms with Gasteiger partial charge >= 0.3 is 5.97 Å². The highest BCUT2D eigenvalue weighted by Gasteiger charge is 2.19. The van der Waals surface area contributed by atoms with Crippen LogP contribution in [0.3, 0.4) is 0 Å². The minimum absolute atomic E-state index is 0.0681. The normalized spacial score (nSPS) is 12.3. The van der Waals surface area contributed by atoms with Crippen LogP contribution in [0.5, 0.6) is 5.75 Å². The molecule has 1 aliphatic heterocycles. The van der Waals surface area contributed by atoms with E-state index in [1.165, 1.54) is 18.2 Å². The minimum Gasteiger partial charge on any atom is -0.488 e. The van der Waals surface area contributed by atoms with Crippen molar-refractivity contribution < 1.29 is 24.0 Å². The molecule has 3 rings (SSSR count). The SMILES string of the molecule is Cc1cc([N+](=O)[O-])ccc1NC(=O)COC(=O)C1=Cc2ccccc2OC1. The molecule has 0 fully saturated rings. The van der Waals surface area contributed by atoms with Crippen LogP contribution in [0.25, 0.3) is 6.08 Å². The van der Waals surface area contributed by atoms with Crippen LogP contribution >= 0.6 is 0 Å². The first kappa shape index (κ1) is 18.1. The number of hydrogen-bond donors (Lipinski definition) is 1. The Hall–Kier alpha value is -3.68. The van der Waals surface area contributed by atoms with E-state index in [-0.39, 0.29) is 12.3 Å². The standard InChI is InChI=1S/C19H16N2O6/c1-12-8-15(21(24)25)6-7-16(12)20-18(22)11-27-19(23)14-9-13-4-2-3-5-17(13)26-10-14/h2-9H,10-11H2,1H3,(H,20,22). The minimum atomic E-state index is -0.639. The summed E-state index contributed by atoms with van der Waals surface area (Å²) in [6.45, 7) is 1.23. The van der Waals surface area contributed by atoms with Crippen LogP contribution in [0.1, 0.15) is 11.1 Å². The second-order valence-corrected chi connectivity index (χ2v) is 5.88. The summed E-state index contributed by atoms with van der Waals surface area (Å²) >= 11 is 0. The lowest BCUT2D eigenvalue weighted by molar-refractivity contribution is -0.384. The monoisotopic (exact) mass is 368 g/mol. The van der Waals surface area contributed by atoms with Crippen LogP contribution in [0.2, 0.25) is 0 Å². The van der Waals surface area contributed by atoms with Crippen molar-refractivity contribution in [2.24, 2.45) is 0 Å². The van der Waals surface area contributed by atoms with Gasteiger partial charge in [0.1, 0.15) is 12.4 Å². The molecule has 2 aromatic rings. The lowest BCUT2D eigenvalue weighted by Gasteiger charge is -2.17. The number of ether oxygens (including phenoxy) is 2. The molecule has 0 saturated heterocycles. The van der Waals surface area contributed by atoms with Gasteiger partial charge in [0.15, 0.2) is 6.61 Å². The zero-order chi connectivity index (χ0) is 19.4. The number of anilines is 1. The van der Waals surface area contributed by atoms with Crippen LogP contribution in [0.4, 0.5) is 11.4 Å². The number of amides is 1. The average Bonchev–Trinajstić information content (AvgIpc) is 2.67. The van der Waals surface area contributed by atoms with E-state index in [1.807, 2.05) is 18.2 Å². The number of carbonyl (C=O) groups is 2. The summed E-state index contributed by atoms with van der Waals surface area (Å²) < 4.78 is 10.5. The van der Waals surface area contributed by atoms with Crippen LogP contribution in [-0.2, 0) is 14.3 Å². The number of esters is 1. The number of para-hydroxylation sites is 1. The number of nitrogens with one attached hydrogen (secondary N) is 1. The molecule has 0 aliphatic carbocycles. The topological polar surface area (TPSA) is 108 Å². The van der Waals surface area contributed by atoms with Crippen molar-refractivity contribution in [3.05, 3.63) is 69.3 Å². The molecular weight excluding hydrogens is 352 g/mol. The van der Waals surface area contributed by atoms with Crippen molar-refractivity contribution in [3.8, 4) is 5.75 Å². The van der Waals surface area contributed by atoms with Gasteiger partial charge in [0.2, 0.25) is 0 Å². The van der Waals surface area contributed by atoms with E-state index in [2.05, 4.69) is 5.32 Å². The highest BCUT2D eigenvalue weighted by Crippen LogP contribution is 2.26. The van der Waals surface area contributed by atoms with E-state index in [4.69, 9.17) is 9.47 Å². The van der Waals surface area contributed by atoms with Crippen molar-refractivity contribution in [3.63, 3.8) is 0 Å². The molecule has 0 aromatic heterocycles. The zero-order valence-corrected chi connectivity index (χ0v) is 14.4. The predicted octanol–water partition coefficient (Wildman–Crippen LogP) is 2.86. The maximum atomic E-state index is 12.1. The lowest BCUT2D eigenvalue weighted by Crippen LogP contribution is -2.24. The van der Waals surface area contributed by atoms with Gasteiger partial charge in [-0.15, -0.1) is 0 Å². The van der Waals surface area contributed by atoms with E-state index in [1.54, 1.807) is 19.1 Å². The Morgan fingerprint density at radius 2 is 2.04 bits per heavy atom. The van der Waals surface area contributed by atoms with Gasteiger partial charge in [-0.2, -0.15) is 0 Å². The Labute approximate surface area is 154 Å². The smallest absolute Gasteiger partial charge is 0.338 e. The number of non-ortho nitro benzene ring substituents is 1. The fourth-order valence-electron chi connectivity index (χ4n) is 2.55. The Morgan fingerprint density at radius 1 is 1.26 bits per heavy atom. The molecule has 0 unspecified atom stereocenters. The van der Waals surface area contributed by atoms with Crippen LogP contribution in [-0.4, -0.2) is 30.0 Å². The van der Waals surface area contributed by atoms with Gasteiger partial charge in [-0.25, -0.2) is 4.79 Å². The molecule has 1 heterocycles. The van der Waals surface area contributed by atoms with Gasteiger partial charge in [-0.3, -0.25) is 14.9 Å². The first-order chi connectivity index (χ1) is 12.9. The molecule has 0 bridgehead atoms. The van der Waals surface area contributed by atoms with Gasteiger partial charge < -0.3 is 14.8 Å². The fourth-order valence-corrected chi connectivity index (χ4v) is 2.55. The number of rotatable bonds is 5. The molecule has 1 aliphatic rings. The largest absolute Gasteiger partial charge is 0.488 e. The molecule has 1 N–H and O–H groups in total. The molecule has 27 heavy (non-hydrogen) atoms. The maximum absolute atomic E-state index is 12.1. The summed E-state index contributed by atoms with van der Waals surface area (Å²) in [7, 11) is 0. The second kappa shape index (κ2) is 7.69. The summed E-state index contributed by atoms with van der Waals surface area (Å²) in [5.41, 5.74) is 1.95. The van der Waals surface area contributed by atoms with E-state index in [9.17, 15) is 19.7 Å². The van der Waals surface area contributed by atoms with Crippen LogP contribution in [0, 0.1) is 17.0 Å². The number of nitrogens with zero attached hydrogens (tertiary/aromatic N) is 1. The Kier molecular flexibility index (Phi) is 5.16. The van der Waals surface area contributed by atoms with Crippen molar-refractivity contribution >= 4 is 29.3 Å². The quantitative estimate of drug-likeness (QED) is 0.494. The molecule has 8 nitrogen and oxygen atoms in total. The number of nitro groups is 1. The number of carbonyl (C=O) groups excluding carboxylic acids is 2. The average molecular weight is 368 g/mol. The number of nitro benzene ring substituents is 1. The van der Waals surface area contributed by atoms with E-state index in [0.717, 1.165) is 5.56 Å². The molecule has 8 heteroatoms. The highest BCUT2D eigenvalue weighted by molar-refractivity contribution is 5.98. The van der Waals surface area contributed by atoms with Gasteiger partial charge in [-0.05, 0) is 30.7 Å². The molecule has 0 atom stereocenters. The van der Waals surface area contributed by atoms with Gasteiger partial charge in [0, 0.05) is 23.4 Å². The third-order valence-electron chi connectivity index (χ3n) is 3.92. The zero-order valence-electron chi connectivity index (χ0n) is 14.4. The lowest BCUT2D eigenvalue weighted by atomic mass is 10.1. The van der Waals surface area contributed by atoms with E-state index < -0.39 is 23.4 Å². The first-order valence-electron chi connectivity index (χ1n) is 8.08. The predicted molar refractivity (Wildman–Crippen MR) is 97.3 cm³/mol. The Balaban J connectivity index is 1.57. The summed E-state index contributed by atoms with van der Waals surface area (Å²) in [6.07, 6.45) is 1.67. The third kappa shape index (κ3) is 4.30. The third-order valence-corrected chi connectivity index (χ3v) is 3.92. The summed E-state index contributed by atoms with van der Waals surface area (Å²) in [6, 6.07) is 11.3. The number of benzene rings is 2. The van der Waals surface area contributed by atoms with Gasteiger partial charge in [0.05, 0.1) is 10.5 Å². The van der Waals surface area contributed by atoms with Crippen molar-refractivity contribution in [2.75, 3.05) is 18.5 Å². The van der Waals surface area contributed by atoms with Crippen molar-refractivity contribution in [2.45, 2.75) is 6.92 Å². The second-order valence-electron chi connectivity index (χ2n) is 5.88. The summed E-state index contributed by atoms with van der Waals surface area (Å²) in [4.78, 5) is 34.3. The van der Waals surface area contributed by atoms with Crippen LogP contribution < -0.4 is 10.1 Å².